The Morgan fingerprint density at radius 3 is 2.44 bits per heavy atom. The van der Waals surface area contributed by atoms with Crippen LogP contribution in [-0.2, 0) is 14.4 Å². The minimum absolute atomic E-state index is 0.0925. The van der Waals surface area contributed by atoms with E-state index in [1.54, 1.807) is 20.8 Å². The standard InChI is InChI=1S/C25H38F3N5O3/c1-23(2,3)19(30-13-25(26,27)28)22(36)33-12-14-7-6-8-17(14)18(33)21(35)31-16(11-29)9-15-10-24(4,5)32-20(15)34/h14-19,30H,6-10,12-13H2,1-5H3,(H,31,35)(H,32,34). The maximum atomic E-state index is 13.6. The van der Waals surface area contributed by atoms with Gasteiger partial charge in [-0.3, -0.25) is 19.7 Å². The summed E-state index contributed by atoms with van der Waals surface area (Å²) in [6, 6.07) is -0.838. The summed E-state index contributed by atoms with van der Waals surface area (Å²) in [5.41, 5.74) is -1.21. The average Bonchev–Trinajstić information content (AvgIpc) is 3.37. The molecule has 2 aliphatic heterocycles. The predicted octanol–water partition coefficient (Wildman–Crippen LogP) is 2.49. The lowest BCUT2D eigenvalue weighted by atomic mass is 9.85. The molecule has 1 aliphatic carbocycles. The van der Waals surface area contributed by atoms with Gasteiger partial charge in [-0.25, -0.2) is 0 Å². The molecule has 3 amide bonds. The van der Waals surface area contributed by atoms with Gasteiger partial charge in [0.2, 0.25) is 17.7 Å². The Morgan fingerprint density at radius 2 is 1.92 bits per heavy atom. The highest BCUT2D eigenvalue weighted by Gasteiger charge is 2.52. The zero-order valence-electron chi connectivity index (χ0n) is 21.7. The molecular weight excluding hydrogens is 475 g/mol. The summed E-state index contributed by atoms with van der Waals surface area (Å²) in [6.45, 7) is 7.84. The summed E-state index contributed by atoms with van der Waals surface area (Å²) < 4.78 is 38.9. The predicted molar refractivity (Wildman–Crippen MR) is 126 cm³/mol. The van der Waals surface area contributed by atoms with E-state index in [0.29, 0.717) is 13.0 Å². The molecule has 0 bridgehead atoms. The first kappa shape index (κ1) is 28.2. The zero-order valence-corrected chi connectivity index (χ0v) is 21.7. The fourth-order valence-electron chi connectivity index (χ4n) is 6.09. The summed E-state index contributed by atoms with van der Waals surface area (Å²) in [6.07, 6.45) is -1.30. The lowest BCUT2D eigenvalue weighted by Crippen LogP contribution is -2.59. The Morgan fingerprint density at radius 1 is 1.25 bits per heavy atom. The number of nitrogens with zero attached hydrogens (tertiary/aromatic N) is 2. The zero-order chi connectivity index (χ0) is 27.1. The molecule has 0 aromatic rings. The first-order valence-electron chi connectivity index (χ1n) is 12.6. The molecule has 0 spiro atoms. The van der Waals surface area contributed by atoms with Crippen molar-refractivity contribution in [2.75, 3.05) is 13.1 Å². The van der Waals surface area contributed by atoms with Gasteiger partial charge in [0.25, 0.3) is 0 Å². The van der Waals surface area contributed by atoms with Crippen LogP contribution in [0.2, 0.25) is 0 Å². The Labute approximate surface area is 210 Å². The number of nitriles is 1. The molecule has 202 valence electrons. The molecule has 2 heterocycles. The van der Waals surface area contributed by atoms with Crippen LogP contribution < -0.4 is 16.0 Å². The van der Waals surface area contributed by atoms with Gasteiger partial charge >= 0.3 is 6.18 Å². The maximum absolute atomic E-state index is 13.6. The monoisotopic (exact) mass is 513 g/mol. The molecule has 1 saturated carbocycles. The summed E-state index contributed by atoms with van der Waals surface area (Å²) >= 11 is 0. The molecule has 3 N–H and O–H groups in total. The van der Waals surface area contributed by atoms with E-state index in [4.69, 9.17) is 0 Å². The number of fused-ring (bicyclic) bond motifs is 1. The van der Waals surface area contributed by atoms with Gasteiger partial charge in [-0.05, 0) is 56.8 Å². The summed E-state index contributed by atoms with van der Waals surface area (Å²) in [5.74, 6) is -1.61. The smallest absolute Gasteiger partial charge is 0.351 e. The molecule has 11 heteroatoms. The molecule has 3 aliphatic rings. The number of likely N-dealkylation sites (tertiary alicyclic amines) is 1. The quantitative estimate of drug-likeness (QED) is 0.484. The molecule has 3 rings (SSSR count). The number of hydrogen-bond donors (Lipinski definition) is 3. The van der Waals surface area contributed by atoms with Crippen LogP contribution in [0.4, 0.5) is 13.2 Å². The fraction of sp³-hybridized carbons (Fsp3) is 0.840. The third-order valence-electron chi connectivity index (χ3n) is 7.64. The van der Waals surface area contributed by atoms with E-state index >= 15 is 0 Å². The van der Waals surface area contributed by atoms with Crippen LogP contribution >= 0.6 is 0 Å². The number of carbonyl (C=O) groups is 3. The molecule has 2 saturated heterocycles. The number of nitrogens with one attached hydrogen (secondary N) is 3. The molecule has 6 atom stereocenters. The van der Waals surface area contributed by atoms with Crippen molar-refractivity contribution >= 4 is 17.7 Å². The Hall–Kier alpha value is -2.35. The van der Waals surface area contributed by atoms with Crippen LogP contribution in [0.3, 0.4) is 0 Å². The number of amides is 3. The van der Waals surface area contributed by atoms with E-state index < -0.39 is 54.0 Å². The molecule has 8 nitrogen and oxygen atoms in total. The van der Waals surface area contributed by atoms with E-state index in [2.05, 4.69) is 22.0 Å². The molecule has 0 aromatic carbocycles. The van der Waals surface area contributed by atoms with E-state index in [-0.39, 0.29) is 29.7 Å². The largest absolute Gasteiger partial charge is 0.401 e. The molecule has 0 radical (unpaired) electrons. The second-order valence-corrected chi connectivity index (χ2v) is 12.3. The van der Waals surface area contributed by atoms with Crippen molar-refractivity contribution in [1.29, 1.82) is 5.26 Å². The summed E-state index contributed by atoms with van der Waals surface area (Å²) in [5, 5.41) is 17.7. The highest BCUT2D eigenvalue weighted by molar-refractivity contribution is 5.91. The average molecular weight is 514 g/mol. The Bertz CT molecular complexity index is 908. The lowest BCUT2D eigenvalue weighted by molar-refractivity contribution is -0.147. The van der Waals surface area contributed by atoms with Crippen molar-refractivity contribution in [3.8, 4) is 6.07 Å². The molecule has 36 heavy (non-hydrogen) atoms. The third kappa shape index (κ3) is 6.50. The summed E-state index contributed by atoms with van der Waals surface area (Å²) in [4.78, 5) is 40.8. The van der Waals surface area contributed by atoms with Crippen LogP contribution in [-0.4, -0.2) is 65.6 Å². The molecule has 0 aromatic heterocycles. The second kappa shape index (κ2) is 10.2. The van der Waals surface area contributed by atoms with Crippen molar-refractivity contribution in [2.24, 2.45) is 23.2 Å². The SMILES string of the molecule is CC1(C)CC(CC(C#N)NC(=O)C2C3CCCC3CN2C(=O)C(NCC(F)(F)F)C(C)(C)C)C(=O)N1. The second-order valence-electron chi connectivity index (χ2n) is 12.3. The van der Waals surface area contributed by atoms with Crippen molar-refractivity contribution in [2.45, 2.75) is 96.6 Å². The third-order valence-corrected chi connectivity index (χ3v) is 7.64. The first-order valence-corrected chi connectivity index (χ1v) is 12.6. The maximum Gasteiger partial charge on any atom is 0.401 e. The van der Waals surface area contributed by atoms with Gasteiger partial charge in [0, 0.05) is 18.0 Å². The van der Waals surface area contributed by atoms with Crippen LogP contribution in [0.25, 0.3) is 0 Å². The van der Waals surface area contributed by atoms with Gasteiger partial charge in [0.15, 0.2) is 0 Å². The number of halogens is 3. The van der Waals surface area contributed by atoms with E-state index in [1.807, 2.05) is 13.8 Å². The molecule has 3 fully saturated rings. The van der Waals surface area contributed by atoms with Gasteiger partial charge in [-0.15, -0.1) is 0 Å². The number of hydrogen-bond acceptors (Lipinski definition) is 5. The van der Waals surface area contributed by atoms with Gasteiger partial charge in [0.1, 0.15) is 12.1 Å². The highest BCUT2D eigenvalue weighted by atomic mass is 19.4. The summed E-state index contributed by atoms with van der Waals surface area (Å²) in [7, 11) is 0. The topological polar surface area (TPSA) is 114 Å². The van der Waals surface area contributed by atoms with Crippen molar-refractivity contribution in [3.63, 3.8) is 0 Å². The lowest BCUT2D eigenvalue weighted by Gasteiger charge is -2.36. The van der Waals surface area contributed by atoms with E-state index in [0.717, 1.165) is 19.3 Å². The first-order chi connectivity index (χ1) is 16.5. The van der Waals surface area contributed by atoms with Crippen LogP contribution in [0.15, 0.2) is 0 Å². The van der Waals surface area contributed by atoms with E-state index in [1.165, 1.54) is 4.90 Å². The number of carbonyl (C=O) groups excluding carboxylic acids is 3. The Balaban J connectivity index is 1.77. The normalized spacial score (nSPS) is 29.3. The van der Waals surface area contributed by atoms with Crippen molar-refractivity contribution in [1.82, 2.24) is 20.9 Å². The van der Waals surface area contributed by atoms with Crippen molar-refractivity contribution < 1.29 is 27.6 Å². The minimum Gasteiger partial charge on any atom is -0.351 e. The molecule has 6 unspecified atom stereocenters. The van der Waals surface area contributed by atoms with Gasteiger partial charge < -0.3 is 15.5 Å². The number of rotatable bonds is 7. The van der Waals surface area contributed by atoms with Crippen LogP contribution in [0, 0.1) is 34.5 Å². The highest BCUT2D eigenvalue weighted by Crippen LogP contribution is 2.43. The minimum atomic E-state index is -4.48. The van der Waals surface area contributed by atoms with Gasteiger partial charge in [-0.1, -0.05) is 27.2 Å². The molecular formula is C25H38F3N5O3. The van der Waals surface area contributed by atoms with Crippen LogP contribution in [0.1, 0.15) is 66.7 Å². The van der Waals surface area contributed by atoms with Crippen LogP contribution in [0.5, 0.6) is 0 Å². The fourth-order valence-corrected chi connectivity index (χ4v) is 6.09. The van der Waals surface area contributed by atoms with Gasteiger partial charge in [0.05, 0.1) is 18.7 Å². The van der Waals surface area contributed by atoms with E-state index in [9.17, 15) is 32.8 Å². The Kier molecular flexibility index (Phi) is 7.99. The van der Waals surface area contributed by atoms with Crippen molar-refractivity contribution in [3.05, 3.63) is 0 Å². The number of alkyl halides is 3. The van der Waals surface area contributed by atoms with Gasteiger partial charge in [-0.2, -0.15) is 18.4 Å².